The fraction of sp³-hybridized carbons (Fsp3) is 0.360. The van der Waals surface area contributed by atoms with E-state index in [-0.39, 0.29) is 29.0 Å². The maximum atomic E-state index is 14.9. The lowest BCUT2D eigenvalue weighted by Gasteiger charge is -2.16. The van der Waals surface area contributed by atoms with Gasteiger partial charge in [0, 0.05) is 24.8 Å². The van der Waals surface area contributed by atoms with Gasteiger partial charge in [0.25, 0.3) is 10.0 Å². The minimum atomic E-state index is -4.23. The molecule has 0 atom stereocenters. The predicted molar refractivity (Wildman–Crippen MR) is 131 cm³/mol. The number of nitrogens with one attached hydrogen (secondary N) is 2. The molecule has 1 amide bonds. The summed E-state index contributed by atoms with van der Waals surface area (Å²) in [5.41, 5.74) is 3.62. The number of fused-ring (bicyclic) bond motifs is 1. The Balaban J connectivity index is 1.68. The lowest BCUT2D eigenvalue weighted by Crippen LogP contribution is -2.32. The zero-order valence-corrected chi connectivity index (χ0v) is 21.1. The molecule has 2 N–H and O–H groups in total. The van der Waals surface area contributed by atoms with Gasteiger partial charge in [0.1, 0.15) is 17.6 Å². The second kappa shape index (κ2) is 10.2. The van der Waals surface area contributed by atoms with Gasteiger partial charge in [-0.05, 0) is 86.2 Å². The number of sulfonamides is 1. The van der Waals surface area contributed by atoms with Crippen molar-refractivity contribution in [3.05, 3.63) is 64.4 Å². The van der Waals surface area contributed by atoms with Gasteiger partial charge in [-0.25, -0.2) is 14.1 Å². The van der Waals surface area contributed by atoms with Crippen LogP contribution in [0.15, 0.2) is 35.5 Å². The molecule has 1 aliphatic carbocycles. The summed E-state index contributed by atoms with van der Waals surface area (Å²) < 4.78 is 44.7. The molecule has 188 valence electrons. The molecule has 0 bridgehead atoms. The minimum absolute atomic E-state index is 0.0731. The summed E-state index contributed by atoms with van der Waals surface area (Å²) >= 11 is 0. The fourth-order valence-electron chi connectivity index (χ4n) is 4.62. The SMILES string of the molecule is CNCc1cc(S(=O)(=O)NC(=O)Cc2c(-c3ccnc(C#N)c3)cc(F)c3c2CCC3)nn1C(C)C. The van der Waals surface area contributed by atoms with E-state index in [0.29, 0.717) is 52.9 Å². The molecule has 0 saturated carbocycles. The third kappa shape index (κ3) is 5.01. The molecule has 0 aliphatic heterocycles. The lowest BCUT2D eigenvalue weighted by atomic mass is 9.90. The van der Waals surface area contributed by atoms with Crippen LogP contribution in [0.3, 0.4) is 0 Å². The van der Waals surface area contributed by atoms with Crippen LogP contribution < -0.4 is 10.0 Å². The highest BCUT2D eigenvalue weighted by Crippen LogP contribution is 2.36. The largest absolute Gasteiger partial charge is 0.314 e. The molecule has 1 aliphatic rings. The van der Waals surface area contributed by atoms with E-state index in [4.69, 9.17) is 0 Å². The summed E-state index contributed by atoms with van der Waals surface area (Å²) in [6.07, 6.45) is 3.05. The monoisotopic (exact) mass is 510 g/mol. The van der Waals surface area contributed by atoms with Crippen LogP contribution in [0.5, 0.6) is 0 Å². The summed E-state index contributed by atoms with van der Waals surface area (Å²) in [5.74, 6) is -1.12. The van der Waals surface area contributed by atoms with Crippen molar-refractivity contribution in [2.45, 2.75) is 57.1 Å². The number of aromatic nitrogens is 3. The molecule has 3 aromatic rings. The van der Waals surface area contributed by atoms with E-state index in [1.807, 2.05) is 19.9 Å². The Morgan fingerprint density at radius 2 is 2.00 bits per heavy atom. The van der Waals surface area contributed by atoms with Crippen molar-refractivity contribution in [1.29, 1.82) is 5.26 Å². The van der Waals surface area contributed by atoms with Crippen LogP contribution in [-0.2, 0) is 40.6 Å². The molecule has 1 aromatic carbocycles. The van der Waals surface area contributed by atoms with Crippen LogP contribution in [0.25, 0.3) is 11.1 Å². The highest BCUT2D eigenvalue weighted by atomic mass is 32.2. The third-order valence-electron chi connectivity index (χ3n) is 6.15. The molecule has 2 heterocycles. The number of amides is 1. The van der Waals surface area contributed by atoms with Gasteiger partial charge in [0.2, 0.25) is 5.91 Å². The zero-order chi connectivity index (χ0) is 26.0. The summed E-state index contributed by atoms with van der Waals surface area (Å²) in [6, 6.07) is 7.84. The summed E-state index contributed by atoms with van der Waals surface area (Å²) in [4.78, 5) is 17.0. The van der Waals surface area contributed by atoms with Crippen molar-refractivity contribution < 1.29 is 17.6 Å². The first-order valence-corrected chi connectivity index (χ1v) is 13.1. The number of hydrogen-bond acceptors (Lipinski definition) is 7. The topological polar surface area (TPSA) is 130 Å². The van der Waals surface area contributed by atoms with Gasteiger partial charge in [0.05, 0.1) is 12.1 Å². The van der Waals surface area contributed by atoms with Crippen molar-refractivity contribution >= 4 is 15.9 Å². The number of halogens is 1. The first-order valence-electron chi connectivity index (χ1n) is 11.6. The second-order valence-electron chi connectivity index (χ2n) is 8.98. The molecule has 9 nitrogen and oxygen atoms in total. The minimum Gasteiger partial charge on any atom is -0.314 e. The predicted octanol–water partition coefficient (Wildman–Crippen LogP) is 2.79. The molecule has 0 saturated heterocycles. The van der Waals surface area contributed by atoms with Crippen LogP contribution in [-0.4, -0.2) is 36.1 Å². The first kappa shape index (κ1) is 25.5. The van der Waals surface area contributed by atoms with Crippen LogP contribution >= 0.6 is 0 Å². The van der Waals surface area contributed by atoms with E-state index in [1.165, 1.54) is 24.4 Å². The molecule has 4 rings (SSSR count). The van der Waals surface area contributed by atoms with Gasteiger partial charge in [-0.1, -0.05) is 0 Å². The van der Waals surface area contributed by atoms with Gasteiger partial charge >= 0.3 is 0 Å². The Bertz CT molecular complexity index is 1470. The number of carbonyl (C=O) groups is 1. The van der Waals surface area contributed by atoms with Crippen molar-refractivity contribution in [2.24, 2.45) is 0 Å². The van der Waals surface area contributed by atoms with Gasteiger partial charge in [-0.2, -0.15) is 18.8 Å². The van der Waals surface area contributed by atoms with E-state index in [0.717, 1.165) is 6.42 Å². The average Bonchev–Trinajstić information content (AvgIpc) is 3.49. The van der Waals surface area contributed by atoms with E-state index in [2.05, 4.69) is 20.1 Å². The molecule has 0 spiro atoms. The summed E-state index contributed by atoms with van der Waals surface area (Å²) in [6.45, 7) is 4.18. The normalized spacial score (nSPS) is 13.0. The second-order valence-corrected chi connectivity index (χ2v) is 10.6. The Labute approximate surface area is 209 Å². The van der Waals surface area contributed by atoms with Crippen molar-refractivity contribution in [1.82, 2.24) is 24.8 Å². The Morgan fingerprint density at radius 3 is 2.69 bits per heavy atom. The Kier molecular flexibility index (Phi) is 7.19. The van der Waals surface area contributed by atoms with Crippen LogP contribution in [0.1, 0.15) is 54.4 Å². The Hall–Kier alpha value is -3.62. The number of hydrogen-bond donors (Lipinski definition) is 2. The lowest BCUT2D eigenvalue weighted by molar-refractivity contribution is -0.118. The molecular weight excluding hydrogens is 483 g/mol. The maximum Gasteiger partial charge on any atom is 0.283 e. The molecule has 0 unspecified atom stereocenters. The fourth-order valence-corrected chi connectivity index (χ4v) is 5.58. The average molecular weight is 511 g/mol. The first-order chi connectivity index (χ1) is 17.1. The van der Waals surface area contributed by atoms with Crippen LogP contribution in [0, 0.1) is 17.1 Å². The van der Waals surface area contributed by atoms with Crippen molar-refractivity contribution in [2.75, 3.05) is 7.05 Å². The highest BCUT2D eigenvalue weighted by Gasteiger charge is 2.27. The number of nitrogens with zero attached hydrogens (tertiary/aromatic N) is 4. The maximum absolute atomic E-state index is 14.9. The van der Waals surface area contributed by atoms with Gasteiger partial charge in [0.15, 0.2) is 5.03 Å². The van der Waals surface area contributed by atoms with E-state index < -0.39 is 15.9 Å². The van der Waals surface area contributed by atoms with E-state index >= 15 is 0 Å². The van der Waals surface area contributed by atoms with Crippen molar-refractivity contribution in [3.8, 4) is 17.2 Å². The third-order valence-corrected chi connectivity index (χ3v) is 7.40. The Morgan fingerprint density at radius 1 is 1.25 bits per heavy atom. The van der Waals surface area contributed by atoms with E-state index in [1.54, 1.807) is 17.8 Å². The van der Waals surface area contributed by atoms with Crippen LogP contribution in [0.2, 0.25) is 0 Å². The molecule has 36 heavy (non-hydrogen) atoms. The summed E-state index contributed by atoms with van der Waals surface area (Å²) in [7, 11) is -2.49. The molecular formula is C25H27FN6O3S. The van der Waals surface area contributed by atoms with Crippen LogP contribution in [0.4, 0.5) is 4.39 Å². The number of carbonyl (C=O) groups excluding carboxylic acids is 1. The van der Waals surface area contributed by atoms with Gasteiger partial charge in [-0.15, -0.1) is 0 Å². The number of pyridine rings is 1. The number of benzene rings is 1. The smallest absolute Gasteiger partial charge is 0.283 e. The molecule has 0 radical (unpaired) electrons. The zero-order valence-electron chi connectivity index (χ0n) is 20.3. The quantitative estimate of drug-likeness (QED) is 0.477. The summed E-state index contributed by atoms with van der Waals surface area (Å²) in [5, 5.41) is 16.2. The standard InChI is InChI=1S/C25H27FN6O3S/c1-15(2)32-18(14-28-3)10-25(30-32)36(34,35)31-24(33)12-22-19-5-4-6-20(19)23(26)11-21(22)16-7-8-29-17(9-16)13-27/h7-11,15,28H,4-6,12,14H2,1-3H3,(H,31,33). The molecule has 0 fully saturated rings. The van der Waals surface area contributed by atoms with Gasteiger partial charge < -0.3 is 5.32 Å². The van der Waals surface area contributed by atoms with Gasteiger partial charge in [-0.3, -0.25) is 9.48 Å². The van der Waals surface area contributed by atoms with E-state index in [9.17, 15) is 22.9 Å². The number of nitriles is 1. The van der Waals surface area contributed by atoms with Crippen molar-refractivity contribution in [3.63, 3.8) is 0 Å². The number of rotatable bonds is 8. The molecule has 2 aromatic heterocycles. The highest BCUT2D eigenvalue weighted by molar-refractivity contribution is 7.90. The molecule has 11 heteroatoms.